The third kappa shape index (κ3) is 4.88. The van der Waals surface area contributed by atoms with Crippen molar-refractivity contribution in [1.82, 2.24) is 14.7 Å². The Morgan fingerprint density at radius 1 is 1.17 bits per heavy atom. The molecule has 4 heterocycles. The minimum Gasteiger partial charge on any atom is -0.381 e. The molecule has 0 amide bonds. The maximum absolute atomic E-state index is 13.9. The summed E-state index contributed by atoms with van der Waals surface area (Å²) in [4.78, 5) is 4.46. The number of hydrogen-bond donors (Lipinski definition) is 0. The summed E-state index contributed by atoms with van der Waals surface area (Å²) >= 11 is 0. The molecule has 190 valence electrons. The highest BCUT2D eigenvalue weighted by Gasteiger charge is 2.33. The molecule has 1 aromatic carbocycles. The lowest BCUT2D eigenvalue weighted by atomic mass is 9.95. The van der Waals surface area contributed by atoms with Crippen molar-refractivity contribution in [3.05, 3.63) is 58.9 Å². The number of aryl methyl sites for hydroxylation is 1. The van der Waals surface area contributed by atoms with Gasteiger partial charge >= 0.3 is 0 Å². The van der Waals surface area contributed by atoms with Crippen molar-refractivity contribution in [3.8, 4) is 0 Å². The minimum absolute atomic E-state index is 0.0388. The molecule has 3 aliphatic rings. The van der Waals surface area contributed by atoms with Gasteiger partial charge < -0.3 is 14.5 Å². The number of aromatic nitrogens is 2. The van der Waals surface area contributed by atoms with Gasteiger partial charge in [0.1, 0.15) is 0 Å². The van der Waals surface area contributed by atoms with Crippen molar-refractivity contribution in [2.45, 2.75) is 71.9 Å². The van der Waals surface area contributed by atoms with Crippen molar-refractivity contribution in [1.29, 1.82) is 0 Å². The largest absolute Gasteiger partial charge is 0.381 e. The third-order valence-corrected chi connectivity index (χ3v) is 7.25. The van der Waals surface area contributed by atoms with Crippen molar-refractivity contribution < 1.29 is 13.5 Å². The van der Waals surface area contributed by atoms with Crippen molar-refractivity contribution in [2.75, 3.05) is 31.2 Å². The van der Waals surface area contributed by atoms with Crippen LogP contribution in [0.3, 0.4) is 0 Å². The predicted octanol–water partition coefficient (Wildman–Crippen LogP) is 6.82. The van der Waals surface area contributed by atoms with Gasteiger partial charge in [0.15, 0.2) is 5.82 Å². The average Bonchev–Trinajstić information content (AvgIpc) is 3.27. The molecule has 0 atom stereocenters. The number of benzene rings is 1. The maximum Gasteiger partial charge on any atom is 0.264 e. The Bertz CT molecular complexity index is 1070. The Morgan fingerprint density at radius 2 is 1.91 bits per heavy atom. The third-order valence-electron chi connectivity index (χ3n) is 7.25. The molecule has 5 rings (SSSR count). The monoisotopic (exact) mass is 484 g/mol. The quantitative estimate of drug-likeness (QED) is 0.466. The van der Waals surface area contributed by atoms with Gasteiger partial charge in [0.2, 0.25) is 0 Å². The van der Waals surface area contributed by atoms with Crippen molar-refractivity contribution in [3.63, 3.8) is 0 Å². The summed E-state index contributed by atoms with van der Waals surface area (Å²) in [6.45, 7) is 17.9. The zero-order chi connectivity index (χ0) is 25.1. The summed E-state index contributed by atoms with van der Waals surface area (Å²) in [6, 6.07) is 3.87. The minimum atomic E-state index is -2.54. The highest BCUT2D eigenvalue weighted by molar-refractivity contribution is 5.72. The summed E-state index contributed by atoms with van der Waals surface area (Å²) in [7, 11) is 0. The van der Waals surface area contributed by atoms with Crippen molar-refractivity contribution >= 4 is 17.6 Å². The summed E-state index contributed by atoms with van der Waals surface area (Å²) in [6.07, 6.45) is 3.63. The first-order valence-corrected chi connectivity index (χ1v) is 12.9. The molecular weight excluding hydrogens is 446 g/mol. The van der Waals surface area contributed by atoms with Crippen LogP contribution in [0.5, 0.6) is 0 Å². The highest BCUT2D eigenvalue weighted by atomic mass is 19.3. The predicted molar refractivity (Wildman–Crippen MR) is 138 cm³/mol. The van der Waals surface area contributed by atoms with E-state index in [4.69, 9.17) is 9.84 Å². The zero-order valence-corrected chi connectivity index (χ0v) is 21.3. The molecule has 0 bridgehead atoms. The van der Waals surface area contributed by atoms with Gasteiger partial charge in [-0.25, -0.2) is 8.78 Å². The number of allylic oxidation sites excluding steroid dienone is 1. The zero-order valence-electron chi connectivity index (χ0n) is 21.3. The van der Waals surface area contributed by atoms with E-state index in [0.717, 1.165) is 87.7 Å². The van der Waals surface area contributed by atoms with Gasteiger partial charge in [0.25, 0.3) is 6.43 Å². The van der Waals surface area contributed by atoms with Crippen LogP contribution in [0, 0.1) is 0 Å². The van der Waals surface area contributed by atoms with Gasteiger partial charge in [-0.15, -0.1) is 0 Å². The Labute approximate surface area is 208 Å². The lowest BCUT2D eigenvalue weighted by Gasteiger charge is -2.34. The molecule has 5 nitrogen and oxygen atoms in total. The molecular formula is C28H38F2N4O. The molecule has 2 aromatic rings. The van der Waals surface area contributed by atoms with E-state index in [1.807, 2.05) is 26.8 Å². The van der Waals surface area contributed by atoms with E-state index in [9.17, 15) is 8.78 Å². The van der Waals surface area contributed by atoms with Crippen LogP contribution in [0.15, 0.2) is 31.0 Å². The number of anilines is 2. The van der Waals surface area contributed by atoms with Gasteiger partial charge in [0.05, 0.1) is 6.04 Å². The lowest BCUT2D eigenvalue weighted by molar-refractivity contribution is 0.0651. The van der Waals surface area contributed by atoms with Crippen LogP contribution in [-0.2, 0) is 24.1 Å². The molecule has 3 aliphatic heterocycles. The fourth-order valence-corrected chi connectivity index (χ4v) is 5.46. The van der Waals surface area contributed by atoms with Gasteiger partial charge in [-0.05, 0) is 55.9 Å². The van der Waals surface area contributed by atoms with E-state index in [2.05, 4.69) is 27.6 Å². The molecule has 0 radical (unpaired) electrons. The van der Waals surface area contributed by atoms with E-state index in [1.165, 1.54) is 17.3 Å². The number of nitrogens with zero attached hydrogens (tertiary/aromatic N) is 4. The average molecular weight is 485 g/mol. The smallest absolute Gasteiger partial charge is 0.264 e. The van der Waals surface area contributed by atoms with E-state index < -0.39 is 6.43 Å². The molecule has 7 heteroatoms. The van der Waals surface area contributed by atoms with Crippen LogP contribution in [0.2, 0.25) is 0 Å². The number of rotatable bonds is 5. The second-order valence-corrected chi connectivity index (χ2v) is 9.31. The van der Waals surface area contributed by atoms with Gasteiger partial charge in [0, 0.05) is 67.5 Å². The maximum atomic E-state index is 13.9. The van der Waals surface area contributed by atoms with Crippen LogP contribution >= 0.6 is 0 Å². The summed E-state index contributed by atoms with van der Waals surface area (Å²) in [5, 5.41) is 5.17. The van der Waals surface area contributed by atoms with Crippen LogP contribution in [0.1, 0.15) is 80.4 Å². The molecule has 1 aromatic heterocycles. The van der Waals surface area contributed by atoms with Gasteiger partial charge in [-0.1, -0.05) is 33.1 Å². The molecule has 1 saturated heterocycles. The van der Waals surface area contributed by atoms with E-state index in [0.29, 0.717) is 11.6 Å². The second-order valence-electron chi connectivity index (χ2n) is 9.31. The summed E-state index contributed by atoms with van der Waals surface area (Å²) in [5.74, 6) is 0.912. The van der Waals surface area contributed by atoms with E-state index >= 15 is 0 Å². The van der Waals surface area contributed by atoms with Crippen LogP contribution in [0.4, 0.5) is 20.3 Å². The molecule has 0 spiro atoms. The summed E-state index contributed by atoms with van der Waals surface area (Å²) < 4.78 is 35.5. The lowest BCUT2D eigenvalue weighted by Crippen LogP contribution is -2.32. The van der Waals surface area contributed by atoms with Gasteiger partial charge in [-0.3, -0.25) is 4.68 Å². The fraction of sp³-hybridized carbons (Fsp3) is 0.536. The number of halogens is 2. The Hall–Kier alpha value is -2.67. The Balaban J connectivity index is 0.00000141. The normalized spacial score (nSPS) is 18.0. The SMILES string of the molecule is C=Cc1cc2c(cc1C(F)F)N(c1nn(C3CCOCC3)c3c1CN(C(=C)C)CC3)CCC2.CC. The number of hydrogen-bond acceptors (Lipinski definition) is 4. The van der Waals surface area contributed by atoms with Crippen LogP contribution in [-0.4, -0.2) is 41.0 Å². The Morgan fingerprint density at radius 3 is 2.57 bits per heavy atom. The number of fused-ring (bicyclic) bond motifs is 2. The molecule has 0 aliphatic carbocycles. The summed E-state index contributed by atoms with van der Waals surface area (Å²) in [5.41, 5.74) is 6.02. The fourth-order valence-electron chi connectivity index (χ4n) is 5.46. The van der Waals surface area contributed by atoms with Gasteiger partial charge in [-0.2, -0.15) is 5.10 Å². The molecule has 1 fully saturated rings. The van der Waals surface area contributed by atoms with Crippen LogP contribution in [0.25, 0.3) is 6.08 Å². The van der Waals surface area contributed by atoms with Crippen LogP contribution < -0.4 is 4.90 Å². The first-order valence-electron chi connectivity index (χ1n) is 12.9. The molecule has 0 unspecified atom stereocenters. The highest BCUT2D eigenvalue weighted by Crippen LogP contribution is 2.42. The second kappa shape index (κ2) is 10.9. The molecule has 0 saturated carbocycles. The first kappa shape index (κ1) is 25.4. The number of ether oxygens (including phenoxy) is 1. The molecule has 35 heavy (non-hydrogen) atoms. The van der Waals surface area contributed by atoms with E-state index in [-0.39, 0.29) is 5.56 Å². The molecule has 0 N–H and O–H groups in total. The number of alkyl halides is 2. The van der Waals surface area contributed by atoms with Crippen molar-refractivity contribution in [2.24, 2.45) is 0 Å². The topological polar surface area (TPSA) is 33.5 Å². The standard InChI is InChI=1S/C26H32F2N4O.C2H6/c1-4-18-14-19-6-5-10-31(24(19)15-21(18)25(27)28)26-22-16-30(17(2)3)11-7-23(22)32(29-26)20-8-12-33-13-9-20;1-2/h4,14-15,20,25H,1-2,5-13,16H2,3H3;1-2H3. The van der Waals surface area contributed by atoms with E-state index in [1.54, 1.807) is 6.07 Å². The Kier molecular flexibility index (Phi) is 7.95. The first-order chi connectivity index (χ1) is 17.0.